The van der Waals surface area contributed by atoms with Crippen molar-refractivity contribution in [3.63, 3.8) is 0 Å². The molecule has 5 heterocycles. The number of amides is 3. The number of halogens is 2. The standard InChI is InChI=1S/C45H52F2N8O8/c1-21(2)35(53-44(60)61-6)38(56)45(12-11-23(5)54-45)41-50-31-10-8-25-15-30-28-9-7-26(14-27(28)20-62-34(30)16-29(25)37(31)51-41)32-17-48-39(49-32)33-13-24(19-63-42(46)47)18-55(33)40(57)36(22(3)4)52-43(58)59/h7-10,14-17,21-24,33,35-36,42,52,54H,11-13,18-20H2,1-6H3,(H,48,49)(H,50,51)(H,53,60)(H,58,59)/t23-,24-,33-,35-,36-,45+/m0/s1. The zero-order chi connectivity index (χ0) is 44.9. The van der Waals surface area contributed by atoms with Crippen LogP contribution in [0.2, 0.25) is 0 Å². The van der Waals surface area contributed by atoms with Gasteiger partial charge in [-0.05, 0) is 84.4 Å². The number of ketones is 1. The molecule has 2 aromatic heterocycles. The molecule has 334 valence electrons. The summed E-state index contributed by atoms with van der Waals surface area (Å²) in [6, 6.07) is 11.5. The average molecular weight is 871 g/mol. The second-order valence-electron chi connectivity index (χ2n) is 17.5. The number of methoxy groups -OCH3 is 1. The van der Waals surface area contributed by atoms with Crippen LogP contribution >= 0.6 is 0 Å². The number of nitrogens with zero attached hydrogens (tertiary/aromatic N) is 3. The van der Waals surface area contributed by atoms with Crippen molar-refractivity contribution in [1.82, 2.24) is 40.8 Å². The number of Topliss-reactive ketones (excluding diaryl/α,β-unsaturated/α-hetero) is 1. The van der Waals surface area contributed by atoms with Crippen molar-refractivity contribution < 1.29 is 47.3 Å². The molecule has 3 aromatic carbocycles. The van der Waals surface area contributed by atoms with Gasteiger partial charge in [-0.1, -0.05) is 45.9 Å². The number of fused-ring (bicyclic) bond motifs is 6. The van der Waals surface area contributed by atoms with Crippen LogP contribution in [0.25, 0.3) is 44.2 Å². The van der Waals surface area contributed by atoms with Gasteiger partial charge in [-0.25, -0.2) is 19.6 Å². The van der Waals surface area contributed by atoms with Crippen LogP contribution in [0.4, 0.5) is 18.4 Å². The maximum atomic E-state index is 14.4. The number of rotatable bonds is 13. The monoisotopic (exact) mass is 870 g/mol. The number of aromatic amines is 2. The normalized spacial score (nSPS) is 21.7. The number of H-pyrrole nitrogens is 2. The van der Waals surface area contributed by atoms with E-state index in [1.54, 1.807) is 20.0 Å². The first kappa shape index (κ1) is 43.5. The molecule has 6 N–H and O–H groups in total. The molecule has 6 atom stereocenters. The summed E-state index contributed by atoms with van der Waals surface area (Å²) < 4.78 is 41.8. The van der Waals surface area contributed by atoms with E-state index >= 15 is 0 Å². The van der Waals surface area contributed by atoms with Crippen molar-refractivity contribution in [2.45, 2.75) is 96.8 Å². The molecule has 5 aromatic rings. The first-order chi connectivity index (χ1) is 30.1. The van der Waals surface area contributed by atoms with Crippen molar-refractivity contribution in [3.05, 3.63) is 65.9 Å². The summed E-state index contributed by atoms with van der Waals surface area (Å²) in [5, 5.41) is 19.8. The number of nitrogens with one attached hydrogen (secondary N) is 5. The third kappa shape index (κ3) is 8.28. The maximum absolute atomic E-state index is 14.4. The number of hydrogen-bond donors (Lipinski definition) is 6. The molecule has 18 heteroatoms. The lowest BCUT2D eigenvalue weighted by Crippen LogP contribution is -2.57. The molecule has 0 radical (unpaired) electrons. The number of carbonyl (C=O) groups excluding carboxylic acids is 3. The van der Waals surface area contributed by atoms with Crippen LogP contribution in [-0.4, -0.2) is 98.8 Å². The quantitative estimate of drug-likeness (QED) is 0.0709. The molecule has 0 saturated carbocycles. The fourth-order valence-corrected chi connectivity index (χ4v) is 9.38. The number of aromatic nitrogens is 4. The summed E-state index contributed by atoms with van der Waals surface area (Å²) in [4.78, 5) is 70.0. The maximum Gasteiger partial charge on any atom is 0.407 e. The van der Waals surface area contributed by atoms with Gasteiger partial charge in [0, 0.05) is 29.5 Å². The number of benzene rings is 3. The Hall–Kier alpha value is -6.14. The average Bonchev–Trinajstić information content (AvgIpc) is 4.08. The molecule has 8 rings (SSSR count). The van der Waals surface area contributed by atoms with Crippen LogP contribution in [-0.2, 0) is 31.2 Å². The lowest BCUT2D eigenvalue weighted by molar-refractivity contribution is -0.139. The van der Waals surface area contributed by atoms with Gasteiger partial charge in [0.2, 0.25) is 5.91 Å². The van der Waals surface area contributed by atoms with Crippen LogP contribution < -0.4 is 20.7 Å². The Kier molecular flexibility index (Phi) is 11.9. The fourth-order valence-electron chi connectivity index (χ4n) is 9.38. The van der Waals surface area contributed by atoms with E-state index in [0.717, 1.165) is 45.0 Å². The van der Waals surface area contributed by atoms with Crippen LogP contribution in [0.3, 0.4) is 0 Å². The number of ether oxygens (including phenoxy) is 3. The number of likely N-dealkylation sites (tertiary alicyclic amines) is 1. The summed E-state index contributed by atoms with van der Waals surface area (Å²) in [6.45, 7) is 6.39. The lowest BCUT2D eigenvalue weighted by atomic mass is 9.83. The largest absolute Gasteiger partial charge is 0.488 e. The molecule has 0 spiro atoms. The minimum atomic E-state index is -2.96. The van der Waals surface area contributed by atoms with Crippen LogP contribution in [0.15, 0.2) is 48.7 Å². The summed E-state index contributed by atoms with van der Waals surface area (Å²) in [6.07, 6.45) is 1.17. The van der Waals surface area contributed by atoms with Crippen molar-refractivity contribution in [1.29, 1.82) is 0 Å². The topological polar surface area (TPSA) is 213 Å². The van der Waals surface area contributed by atoms with Crippen molar-refractivity contribution in [2.24, 2.45) is 17.8 Å². The fraction of sp³-hybridized carbons (Fsp3) is 0.467. The number of imidazole rings is 2. The lowest BCUT2D eigenvalue weighted by Gasteiger charge is -2.32. The number of carboxylic acid groups (broad SMARTS) is 1. The molecular formula is C45H52F2N8O8. The molecule has 63 heavy (non-hydrogen) atoms. The minimum Gasteiger partial charge on any atom is -0.488 e. The smallest absolute Gasteiger partial charge is 0.407 e. The highest BCUT2D eigenvalue weighted by molar-refractivity contribution is 6.07. The van der Waals surface area contributed by atoms with E-state index in [2.05, 4.69) is 41.7 Å². The van der Waals surface area contributed by atoms with Gasteiger partial charge in [-0.15, -0.1) is 0 Å². The van der Waals surface area contributed by atoms with Gasteiger partial charge < -0.3 is 44.8 Å². The van der Waals surface area contributed by atoms with E-state index in [4.69, 9.17) is 14.5 Å². The molecule has 0 aliphatic carbocycles. The van der Waals surface area contributed by atoms with Gasteiger partial charge in [-0.3, -0.25) is 14.9 Å². The van der Waals surface area contributed by atoms with E-state index in [0.29, 0.717) is 41.5 Å². The second kappa shape index (κ2) is 17.2. The zero-order valence-corrected chi connectivity index (χ0v) is 35.9. The van der Waals surface area contributed by atoms with Crippen molar-refractivity contribution in [3.8, 4) is 28.1 Å². The van der Waals surface area contributed by atoms with Crippen molar-refractivity contribution >= 4 is 45.7 Å². The first-order valence-corrected chi connectivity index (χ1v) is 21.2. The SMILES string of the molecule is COC(=O)N[C@H](C(=O)[C@@]1(c2nc3ccc4cc5c(cc4c3[nH]2)OCc2cc(-c3cnc([C@@H]4C[C@H](COC(F)F)CN4C(=O)[C@@H](NC(=O)O)C(C)C)[nH]3)ccc2-5)CC[C@H](C)N1)C(C)C. The van der Waals surface area contributed by atoms with Crippen LogP contribution in [0.5, 0.6) is 5.75 Å². The predicted molar refractivity (Wildman–Crippen MR) is 228 cm³/mol. The molecule has 3 aliphatic heterocycles. The summed E-state index contributed by atoms with van der Waals surface area (Å²) in [5.74, 6) is -0.0371. The van der Waals surface area contributed by atoms with Gasteiger partial charge in [0.15, 0.2) is 5.78 Å². The number of alkyl halides is 2. The van der Waals surface area contributed by atoms with Gasteiger partial charge in [0.05, 0.1) is 48.7 Å². The Labute approximate surface area is 361 Å². The Morgan fingerprint density at radius 2 is 1.79 bits per heavy atom. The Bertz CT molecular complexity index is 2580. The summed E-state index contributed by atoms with van der Waals surface area (Å²) in [7, 11) is 1.27. The van der Waals surface area contributed by atoms with Gasteiger partial charge in [0.25, 0.3) is 0 Å². The van der Waals surface area contributed by atoms with E-state index in [1.807, 2.05) is 57.2 Å². The number of carbonyl (C=O) groups is 4. The molecule has 16 nitrogen and oxygen atoms in total. The van der Waals surface area contributed by atoms with Crippen LogP contribution in [0, 0.1) is 17.8 Å². The first-order valence-electron chi connectivity index (χ1n) is 21.2. The number of alkyl carbamates (subject to hydrolysis) is 1. The molecule has 3 amide bonds. The van der Waals surface area contributed by atoms with Gasteiger partial charge in [-0.2, -0.15) is 8.78 Å². The Morgan fingerprint density at radius 3 is 2.48 bits per heavy atom. The van der Waals surface area contributed by atoms with Crippen molar-refractivity contribution in [2.75, 3.05) is 20.3 Å². The highest BCUT2D eigenvalue weighted by atomic mass is 19.3. The number of hydrogen-bond acceptors (Lipinski definition) is 10. The van der Waals surface area contributed by atoms with E-state index < -0.39 is 54.3 Å². The van der Waals surface area contributed by atoms with Crippen LogP contribution in [0.1, 0.15) is 77.1 Å². The highest BCUT2D eigenvalue weighted by Crippen LogP contribution is 2.44. The summed E-state index contributed by atoms with van der Waals surface area (Å²) in [5.41, 5.74) is 4.59. The van der Waals surface area contributed by atoms with Gasteiger partial charge >= 0.3 is 18.8 Å². The molecule has 3 aliphatic rings. The van der Waals surface area contributed by atoms with Gasteiger partial charge in [0.1, 0.15) is 35.6 Å². The third-order valence-electron chi connectivity index (χ3n) is 12.6. The third-order valence-corrected chi connectivity index (χ3v) is 12.6. The molecule has 2 fully saturated rings. The predicted octanol–water partition coefficient (Wildman–Crippen LogP) is 7.00. The van der Waals surface area contributed by atoms with E-state index in [9.17, 15) is 33.1 Å². The van der Waals surface area contributed by atoms with E-state index in [1.165, 1.54) is 12.0 Å². The second-order valence-corrected chi connectivity index (χ2v) is 17.5. The molecule has 2 saturated heterocycles. The minimum absolute atomic E-state index is 0.0389. The molecular weight excluding hydrogens is 819 g/mol. The zero-order valence-electron chi connectivity index (χ0n) is 35.9. The Morgan fingerprint density at radius 1 is 1.02 bits per heavy atom. The van der Waals surface area contributed by atoms with E-state index in [-0.39, 0.29) is 43.4 Å². The highest BCUT2D eigenvalue weighted by Gasteiger charge is 2.51. The molecule has 0 bridgehead atoms. The molecule has 0 unspecified atom stereocenters. The Balaban J connectivity index is 1.08. The summed E-state index contributed by atoms with van der Waals surface area (Å²) >= 11 is 0.